The van der Waals surface area contributed by atoms with Gasteiger partial charge >= 0.3 is 6.61 Å². The molecular weight excluding hydrogens is 342 g/mol. The van der Waals surface area contributed by atoms with Gasteiger partial charge in [0.25, 0.3) is 0 Å². The van der Waals surface area contributed by atoms with Gasteiger partial charge in [0.1, 0.15) is 0 Å². The van der Waals surface area contributed by atoms with Crippen molar-refractivity contribution in [2.45, 2.75) is 27.4 Å². The Hall–Kier alpha value is -2.96. The standard InChI is InChI=1S/C19H20F2N2O3/c1-11-10-12(2)22-13(3)17(11)23-16(24)9-8-14-6-5-7-15(25-4)18(14)26-19(20)21/h5-10,19H,1-4H3,(H,23,24)/b9-8+. The summed E-state index contributed by atoms with van der Waals surface area (Å²) in [5.41, 5.74) is 3.38. The number of carbonyl (C=O) groups excluding carboxylic acids is 1. The molecule has 138 valence electrons. The van der Waals surface area contributed by atoms with Crippen molar-refractivity contribution < 1.29 is 23.0 Å². The molecule has 1 aromatic carbocycles. The molecule has 1 heterocycles. The maximum absolute atomic E-state index is 12.6. The number of methoxy groups -OCH3 is 1. The normalized spacial score (nSPS) is 11.0. The van der Waals surface area contributed by atoms with E-state index in [0.717, 1.165) is 11.3 Å². The predicted molar refractivity (Wildman–Crippen MR) is 95.7 cm³/mol. The lowest BCUT2D eigenvalue weighted by molar-refractivity contribution is -0.111. The van der Waals surface area contributed by atoms with Crippen molar-refractivity contribution in [2.75, 3.05) is 12.4 Å². The fourth-order valence-corrected chi connectivity index (χ4v) is 2.58. The summed E-state index contributed by atoms with van der Waals surface area (Å²) in [5, 5.41) is 2.76. The number of ether oxygens (including phenoxy) is 2. The lowest BCUT2D eigenvalue weighted by Crippen LogP contribution is -2.11. The highest BCUT2D eigenvalue weighted by molar-refractivity contribution is 6.02. The number of hydrogen-bond donors (Lipinski definition) is 1. The molecule has 2 rings (SSSR count). The van der Waals surface area contributed by atoms with Crippen LogP contribution in [0.4, 0.5) is 14.5 Å². The monoisotopic (exact) mass is 362 g/mol. The summed E-state index contributed by atoms with van der Waals surface area (Å²) >= 11 is 0. The molecule has 0 aliphatic heterocycles. The smallest absolute Gasteiger partial charge is 0.387 e. The summed E-state index contributed by atoms with van der Waals surface area (Å²) in [7, 11) is 1.35. The molecule has 0 saturated heterocycles. The van der Waals surface area contributed by atoms with E-state index >= 15 is 0 Å². The van der Waals surface area contributed by atoms with Crippen LogP contribution in [0, 0.1) is 20.8 Å². The van der Waals surface area contributed by atoms with E-state index in [2.05, 4.69) is 15.0 Å². The number of anilines is 1. The molecule has 0 aliphatic rings. The number of amides is 1. The van der Waals surface area contributed by atoms with Crippen LogP contribution in [0.15, 0.2) is 30.3 Å². The SMILES string of the molecule is COc1cccc(/C=C/C(=O)Nc2c(C)cc(C)nc2C)c1OC(F)F. The summed E-state index contributed by atoms with van der Waals surface area (Å²) in [6.07, 6.45) is 2.63. The quantitative estimate of drug-likeness (QED) is 0.780. The van der Waals surface area contributed by atoms with Crippen molar-refractivity contribution in [3.63, 3.8) is 0 Å². The Bertz CT molecular complexity index is 813. The summed E-state index contributed by atoms with van der Waals surface area (Å²) in [4.78, 5) is 16.5. The summed E-state index contributed by atoms with van der Waals surface area (Å²) < 4.78 is 34.8. The van der Waals surface area contributed by atoms with E-state index < -0.39 is 12.5 Å². The molecule has 0 spiro atoms. The zero-order chi connectivity index (χ0) is 19.3. The minimum atomic E-state index is -3.00. The number of benzene rings is 1. The average molecular weight is 362 g/mol. The van der Waals surface area contributed by atoms with Crippen molar-refractivity contribution in [3.05, 3.63) is 52.9 Å². The molecule has 5 nitrogen and oxygen atoms in total. The van der Waals surface area contributed by atoms with Crippen LogP contribution >= 0.6 is 0 Å². The maximum atomic E-state index is 12.6. The van der Waals surface area contributed by atoms with Crippen LogP contribution in [0.1, 0.15) is 22.5 Å². The number of aryl methyl sites for hydroxylation is 3. The first-order valence-corrected chi connectivity index (χ1v) is 7.87. The van der Waals surface area contributed by atoms with Crippen LogP contribution in [0.5, 0.6) is 11.5 Å². The first-order chi connectivity index (χ1) is 12.3. The van der Waals surface area contributed by atoms with Gasteiger partial charge in [-0.3, -0.25) is 9.78 Å². The van der Waals surface area contributed by atoms with Crippen LogP contribution in [-0.4, -0.2) is 24.6 Å². The zero-order valence-electron chi connectivity index (χ0n) is 15.0. The molecule has 1 amide bonds. The summed E-state index contributed by atoms with van der Waals surface area (Å²) in [6, 6.07) is 6.53. The predicted octanol–water partition coefficient (Wildman–Crippen LogP) is 4.27. The second-order valence-electron chi connectivity index (χ2n) is 5.62. The van der Waals surface area contributed by atoms with Crippen molar-refractivity contribution >= 4 is 17.7 Å². The lowest BCUT2D eigenvalue weighted by Gasteiger charge is -2.12. The minimum Gasteiger partial charge on any atom is -0.493 e. The van der Waals surface area contributed by atoms with E-state index in [1.54, 1.807) is 19.1 Å². The number of halogens is 2. The largest absolute Gasteiger partial charge is 0.493 e. The summed E-state index contributed by atoms with van der Waals surface area (Å²) in [5.74, 6) is -0.381. The van der Waals surface area contributed by atoms with E-state index in [9.17, 15) is 13.6 Å². The molecule has 1 N–H and O–H groups in total. The molecular formula is C19H20F2N2O3. The van der Waals surface area contributed by atoms with Gasteiger partial charge in [0, 0.05) is 17.3 Å². The molecule has 0 aliphatic carbocycles. The highest BCUT2D eigenvalue weighted by Gasteiger charge is 2.14. The molecule has 0 fully saturated rings. The molecule has 0 bridgehead atoms. The van der Waals surface area contributed by atoms with Gasteiger partial charge in [-0.15, -0.1) is 0 Å². The van der Waals surface area contributed by atoms with Gasteiger partial charge in [-0.25, -0.2) is 0 Å². The van der Waals surface area contributed by atoms with Crippen molar-refractivity contribution in [2.24, 2.45) is 0 Å². The molecule has 0 saturated carbocycles. The number of hydrogen-bond acceptors (Lipinski definition) is 4. The second-order valence-corrected chi connectivity index (χ2v) is 5.62. The van der Waals surface area contributed by atoms with Gasteiger partial charge in [0.05, 0.1) is 18.5 Å². The molecule has 26 heavy (non-hydrogen) atoms. The van der Waals surface area contributed by atoms with Gasteiger partial charge in [-0.2, -0.15) is 8.78 Å². The Balaban J connectivity index is 2.23. The summed E-state index contributed by atoms with van der Waals surface area (Å²) in [6.45, 7) is 2.54. The third kappa shape index (κ3) is 4.78. The number of para-hydroxylation sites is 1. The number of nitrogens with zero attached hydrogens (tertiary/aromatic N) is 1. The Morgan fingerprint density at radius 1 is 1.27 bits per heavy atom. The van der Waals surface area contributed by atoms with Crippen LogP contribution in [0.25, 0.3) is 6.08 Å². The number of aromatic nitrogens is 1. The number of rotatable bonds is 6. The molecule has 1 aromatic heterocycles. The fraction of sp³-hybridized carbons (Fsp3) is 0.263. The van der Waals surface area contributed by atoms with Crippen molar-refractivity contribution in [3.8, 4) is 11.5 Å². The maximum Gasteiger partial charge on any atom is 0.387 e. The molecule has 0 unspecified atom stereocenters. The van der Waals surface area contributed by atoms with Crippen molar-refractivity contribution in [1.82, 2.24) is 4.98 Å². The van der Waals surface area contributed by atoms with E-state index in [4.69, 9.17) is 4.74 Å². The number of nitrogens with one attached hydrogen (secondary N) is 1. The van der Waals surface area contributed by atoms with E-state index in [1.807, 2.05) is 19.9 Å². The molecule has 0 atom stereocenters. The fourth-order valence-electron chi connectivity index (χ4n) is 2.58. The average Bonchev–Trinajstić information content (AvgIpc) is 2.56. The zero-order valence-corrected chi connectivity index (χ0v) is 15.0. The lowest BCUT2D eigenvalue weighted by atomic mass is 10.1. The first kappa shape index (κ1) is 19.4. The highest BCUT2D eigenvalue weighted by Crippen LogP contribution is 2.33. The van der Waals surface area contributed by atoms with Crippen LogP contribution < -0.4 is 14.8 Å². The van der Waals surface area contributed by atoms with Crippen LogP contribution in [-0.2, 0) is 4.79 Å². The second kappa shape index (κ2) is 8.42. The van der Waals surface area contributed by atoms with Gasteiger partial charge in [-0.1, -0.05) is 12.1 Å². The van der Waals surface area contributed by atoms with Gasteiger partial charge in [0.15, 0.2) is 11.5 Å². The van der Waals surface area contributed by atoms with E-state index in [0.29, 0.717) is 16.9 Å². The highest BCUT2D eigenvalue weighted by atomic mass is 19.3. The molecule has 7 heteroatoms. The van der Waals surface area contributed by atoms with Gasteiger partial charge in [-0.05, 0) is 44.5 Å². The number of carbonyl (C=O) groups is 1. The Labute approximate surface area is 150 Å². The minimum absolute atomic E-state index is 0.126. The van der Waals surface area contributed by atoms with Gasteiger partial charge in [0.2, 0.25) is 5.91 Å². The topological polar surface area (TPSA) is 60.5 Å². The Morgan fingerprint density at radius 3 is 2.62 bits per heavy atom. The molecule has 2 aromatic rings. The Kier molecular flexibility index (Phi) is 6.27. The number of alkyl halides is 2. The first-order valence-electron chi connectivity index (χ1n) is 7.87. The van der Waals surface area contributed by atoms with E-state index in [1.165, 1.54) is 25.3 Å². The van der Waals surface area contributed by atoms with Crippen molar-refractivity contribution in [1.29, 1.82) is 0 Å². The third-order valence-corrected chi connectivity index (χ3v) is 3.62. The third-order valence-electron chi connectivity index (χ3n) is 3.62. The van der Waals surface area contributed by atoms with Crippen LogP contribution in [0.3, 0.4) is 0 Å². The number of pyridine rings is 1. The van der Waals surface area contributed by atoms with Gasteiger partial charge < -0.3 is 14.8 Å². The molecule has 0 radical (unpaired) electrons. The van der Waals surface area contributed by atoms with E-state index in [-0.39, 0.29) is 11.5 Å². The Morgan fingerprint density at radius 2 is 2.00 bits per heavy atom. The van der Waals surface area contributed by atoms with Crippen LogP contribution in [0.2, 0.25) is 0 Å².